The number of hydrogen-bond donors (Lipinski definition) is 2. The molecule has 8 nitrogen and oxygen atoms in total. The van der Waals surface area contributed by atoms with Gasteiger partial charge in [-0.2, -0.15) is 0 Å². The van der Waals surface area contributed by atoms with Gasteiger partial charge in [0, 0.05) is 11.3 Å². The first-order valence-corrected chi connectivity index (χ1v) is 14.8. The summed E-state index contributed by atoms with van der Waals surface area (Å²) in [6.07, 6.45) is -0.762. The van der Waals surface area contributed by atoms with Crippen LogP contribution < -0.4 is 10.6 Å². The van der Waals surface area contributed by atoms with Gasteiger partial charge in [0.05, 0.1) is 12.2 Å². The van der Waals surface area contributed by atoms with Gasteiger partial charge in [-0.25, -0.2) is 27.3 Å². The smallest absolute Gasteiger partial charge is 0.408 e. The van der Waals surface area contributed by atoms with Crippen LogP contribution in [0.4, 0.5) is 33.7 Å². The summed E-state index contributed by atoms with van der Waals surface area (Å²) in [4.78, 5) is 43.9. The highest BCUT2D eigenvalue weighted by atomic mass is 32.2. The van der Waals surface area contributed by atoms with Crippen LogP contribution in [0.3, 0.4) is 0 Å². The summed E-state index contributed by atoms with van der Waals surface area (Å²) in [6, 6.07) is 21.6. The Bertz CT molecular complexity index is 1790. The molecule has 4 aromatic rings. The van der Waals surface area contributed by atoms with Gasteiger partial charge >= 0.3 is 6.09 Å². The number of rotatable bonds is 9. The second-order valence-corrected chi connectivity index (χ2v) is 11.2. The Hall–Kier alpha value is -5.17. The number of hydrogen-bond acceptors (Lipinski definition) is 6. The predicted molar refractivity (Wildman–Crippen MR) is 165 cm³/mol. The van der Waals surface area contributed by atoms with Crippen molar-refractivity contribution in [2.75, 3.05) is 5.32 Å². The fourth-order valence-electron chi connectivity index (χ4n) is 4.41. The molecule has 2 N–H and O–H groups in total. The number of nitrogens with zero attached hydrogens (tertiary/aromatic N) is 2. The maximum atomic E-state index is 14.5. The summed E-state index contributed by atoms with van der Waals surface area (Å²) >= 11 is 1.01. The Morgan fingerprint density at radius 2 is 1.67 bits per heavy atom. The molecule has 3 amide bonds. The summed E-state index contributed by atoms with van der Waals surface area (Å²) in [5.74, 6) is -6.05. The van der Waals surface area contributed by atoms with E-state index >= 15 is 0 Å². The summed E-state index contributed by atoms with van der Waals surface area (Å²) < 4.78 is 61.0. The van der Waals surface area contributed by atoms with Gasteiger partial charge in [-0.3, -0.25) is 14.5 Å². The fourth-order valence-corrected chi connectivity index (χ4v) is 5.58. The Labute approximate surface area is 265 Å². The van der Waals surface area contributed by atoms with E-state index in [4.69, 9.17) is 4.74 Å². The molecule has 0 bridgehead atoms. The van der Waals surface area contributed by atoms with E-state index in [0.717, 1.165) is 40.4 Å². The average molecular weight is 651 g/mol. The lowest BCUT2D eigenvalue weighted by Gasteiger charge is -2.17. The topological polar surface area (TPSA) is 100 Å². The highest BCUT2D eigenvalue weighted by Gasteiger charge is 2.39. The number of ether oxygens (including phenoxy) is 1. The molecule has 236 valence electrons. The SMILES string of the molecule is C[C@H](NC(=O)OCc1ccccc1)C(=O)Nc1ccc(C2SC(=Nc3cccc(F)c3)N(Cc3ccc(F)c(F)c3F)C2=O)cc1. The molecule has 0 aromatic heterocycles. The van der Waals surface area contributed by atoms with Crippen LogP contribution in [0.2, 0.25) is 0 Å². The zero-order valence-corrected chi connectivity index (χ0v) is 25.0. The third-order valence-electron chi connectivity index (χ3n) is 6.84. The highest BCUT2D eigenvalue weighted by Crippen LogP contribution is 2.41. The van der Waals surface area contributed by atoms with Gasteiger partial charge in [0.1, 0.15) is 23.7 Å². The number of thioether (sulfide) groups is 1. The van der Waals surface area contributed by atoms with Crippen LogP contribution in [-0.4, -0.2) is 34.0 Å². The molecule has 1 heterocycles. The van der Waals surface area contributed by atoms with Crippen molar-refractivity contribution in [3.8, 4) is 0 Å². The van der Waals surface area contributed by atoms with E-state index in [1.807, 2.05) is 18.2 Å². The minimum absolute atomic E-state index is 0.0438. The van der Waals surface area contributed by atoms with Crippen molar-refractivity contribution in [1.29, 1.82) is 0 Å². The number of amides is 3. The maximum absolute atomic E-state index is 14.5. The van der Waals surface area contributed by atoms with E-state index < -0.39 is 59.0 Å². The second-order valence-electron chi connectivity index (χ2n) is 10.2. The number of carbonyl (C=O) groups is 3. The van der Waals surface area contributed by atoms with Crippen LogP contribution in [0.15, 0.2) is 96.0 Å². The number of amidine groups is 1. The molecule has 5 rings (SSSR count). The van der Waals surface area contributed by atoms with E-state index in [0.29, 0.717) is 11.3 Å². The molecule has 0 saturated carbocycles. The summed E-state index contributed by atoms with van der Waals surface area (Å²) in [6.45, 7) is 1.08. The average Bonchev–Trinajstić information content (AvgIpc) is 3.34. The number of anilines is 1. The minimum atomic E-state index is -1.66. The number of nitrogens with one attached hydrogen (secondary N) is 2. The molecule has 0 spiro atoms. The normalized spacial score (nSPS) is 15.9. The van der Waals surface area contributed by atoms with Crippen molar-refractivity contribution >= 4 is 46.2 Å². The van der Waals surface area contributed by atoms with E-state index in [1.54, 1.807) is 36.4 Å². The first-order valence-electron chi connectivity index (χ1n) is 13.9. The molecule has 1 aliphatic heterocycles. The molecule has 1 unspecified atom stereocenters. The van der Waals surface area contributed by atoms with E-state index in [9.17, 15) is 31.9 Å². The molecule has 2 atom stereocenters. The largest absolute Gasteiger partial charge is 0.445 e. The Morgan fingerprint density at radius 1 is 0.935 bits per heavy atom. The second kappa shape index (κ2) is 14.3. The first-order chi connectivity index (χ1) is 22.1. The van der Waals surface area contributed by atoms with E-state index in [2.05, 4.69) is 15.6 Å². The van der Waals surface area contributed by atoms with Gasteiger partial charge in [-0.1, -0.05) is 66.4 Å². The van der Waals surface area contributed by atoms with Crippen LogP contribution in [0.5, 0.6) is 0 Å². The zero-order valence-electron chi connectivity index (χ0n) is 24.2. The van der Waals surface area contributed by atoms with Gasteiger partial charge in [0.25, 0.3) is 0 Å². The maximum Gasteiger partial charge on any atom is 0.408 e. The lowest BCUT2D eigenvalue weighted by Crippen LogP contribution is -2.41. The number of benzene rings is 4. The molecule has 0 aliphatic carbocycles. The minimum Gasteiger partial charge on any atom is -0.445 e. The van der Waals surface area contributed by atoms with E-state index in [-0.39, 0.29) is 23.0 Å². The Kier molecular flexibility index (Phi) is 10.0. The Balaban J connectivity index is 1.27. The Morgan fingerprint density at radius 3 is 2.39 bits per heavy atom. The van der Waals surface area contributed by atoms with Crippen LogP contribution in [0, 0.1) is 23.3 Å². The molecule has 1 fully saturated rings. The molecule has 0 radical (unpaired) electrons. The van der Waals surface area contributed by atoms with Crippen molar-refractivity contribution in [2.45, 2.75) is 31.4 Å². The van der Waals surface area contributed by atoms with Gasteiger partial charge in [0.2, 0.25) is 11.8 Å². The molecular weight excluding hydrogens is 624 g/mol. The van der Waals surface area contributed by atoms with Crippen molar-refractivity contribution in [3.05, 3.63) is 131 Å². The molecule has 1 saturated heterocycles. The molecular formula is C33H26F4N4O4S. The summed E-state index contributed by atoms with van der Waals surface area (Å²) in [5.41, 5.74) is 1.59. The number of aliphatic imine (C=N–C) groups is 1. The third kappa shape index (κ3) is 7.72. The van der Waals surface area contributed by atoms with Crippen molar-refractivity contribution in [1.82, 2.24) is 10.2 Å². The molecule has 1 aliphatic rings. The fraction of sp³-hybridized carbons (Fsp3) is 0.152. The molecule has 4 aromatic carbocycles. The van der Waals surface area contributed by atoms with Gasteiger partial charge in [-0.15, -0.1) is 0 Å². The van der Waals surface area contributed by atoms with Gasteiger partial charge in [0.15, 0.2) is 22.6 Å². The first kappa shape index (κ1) is 32.2. The lowest BCUT2D eigenvalue weighted by atomic mass is 10.1. The van der Waals surface area contributed by atoms with Crippen LogP contribution in [0.1, 0.15) is 28.9 Å². The van der Waals surface area contributed by atoms with E-state index in [1.165, 1.54) is 25.1 Å². The van der Waals surface area contributed by atoms with Gasteiger partial charge < -0.3 is 15.4 Å². The van der Waals surface area contributed by atoms with Crippen LogP contribution >= 0.6 is 11.8 Å². The van der Waals surface area contributed by atoms with Crippen LogP contribution in [-0.2, 0) is 27.5 Å². The summed E-state index contributed by atoms with van der Waals surface area (Å²) in [7, 11) is 0. The van der Waals surface area contributed by atoms with Crippen molar-refractivity contribution < 1.29 is 36.7 Å². The van der Waals surface area contributed by atoms with Crippen molar-refractivity contribution in [3.63, 3.8) is 0 Å². The van der Waals surface area contributed by atoms with Crippen molar-refractivity contribution in [2.24, 2.45) is 4.99 Å². The summed E-state index contributed by atoms with van der Waals surface area (Å²) in [5, 5.41) is 4.37. The lowest BCUT2D eigenvalue weighted by molar-refractivity contribution is -0.126. The molecule has 13 heteroatoms. The highest BCUT2D eigenvalue weighted by molar-refractivity contribution is 8.15. The molecule has 46 heavy (non-hydrogen) atoms. The third-order valence-corrected chi connectivity index (χ3v) is 8.07. The number of halogens is 4. The monoisotopic (exact) mass is 650 g/mol. The van der Waals surface area contributed by atoms with Crippen LogP contribution in [0.25, 0.3) is 0 Å². The zero-order chi connectivity index (χ0) is 32.8. The standard InChI is InChI=1S/C33H26F4N4O4S/c1-19(38-33(44)45-18-20-6-3-2-4-7-20)30(42)39-24-13-10-21(11-14-24)29-31(43)41(17-22-12-15-26(35)28(37)27(22)36)32(46-29)40-25-9-5-8-23(34)16-25/h2-16,19,29H,17-18H2,1H3,(H,38,44)(H,39,42)/t19-,29?/m0/s1. The quantitative estimate of drug-likeness (QED) is 0.150. The predicted octanol–water partition coefficient (Wildman–Crippen LogP) is 7.00. The number of alkyl carbamates (subject to hydrolysis) is 1. The van der Waals surface area contributed by atoms with Gasteiger partial charge in [-0.05, 0) is 54.4 Å². The number of carbonyl (C=O) groups excluding carboxylic acids is 3.